The Morgan fingerprint density at radius 2 is 2.00 bits per heavy atom. The van der Waals surface area contributed by atoms with Crippen LogP contribution >= 0.6 is 15.9 Å². The molecule has 0 spiro atoms. The maximum absolute atomic E-state index is 4.86. The second-order valence-electron chi connectivity index (χ2n) is 5.52. The molecule has 0 aromatic carbocycles. The molecule has 2 aromatic heterocycles. The van der Waals surface area contributed by atoms with Crippen LogP contribution in [0.3, 0.4) is 0 Å². The number of nitrogens with one attached hydrogen (secondary N) is 1. The van der Waals surface area contributed by atoms with E-state index in [9.17, 15) is 0 Å². The fraction of sp³-hybridized carbons (Fsp3) is 0.438. The van der Waals surface area contributed by atoms with Crippen LogP contribution < -0.4 is 5.32 Å². The third-order valence-corrected chi connectivity index (χ3v) is 4.92. The van der Waals surface area contributed by atoms with E-state index in [-0.39, 0.29) is 0 Å². The maximum Gasteiger partial charge on any atom is 0.163 e. The first-order valence-corrected chi connectivity index (χ1v) is 8.16. The van der Waals surface area contributed by atoms with Crippen LogP contribution in [-0.2, 0) is 0 Å². The van der Waals surface area contributed by atoms with Crippen LogP contribution in [0.5, 0.6) is 0 Å². The molecule has 5 heteroatoms. The summed E-state index contributed by atoms with van der Waals surface area (Å²) in [4.78, 5) is 13.7. The molecule has 0 aliphatic heterocycles. The molecular weight excluding hydrogens is 328 g/mol. The first-order valence-electron chi connectivity index (χ1n) is 7.37. The summed E-state index contributed by atoms with van der Waals surface area (Å²) in [5, 5.41) is 3.17. The summed E-state index contributed by atoms with van der Waals surface area (Å²) in [5.41, 5.74) is 3.28. The van der Waals surface area contributed by atoms with E-state index in [1.165, 1.54) is 25.7 Å². The molecule has 1 saturated carbocycles. The van der Waals surface area contributed by atoms with Crippen LogP contribution in [0.1, 0.15) is 42.9 Å². The van der Waals surface area contributed by atoms with Crippen LogP contribution in [0, 0.1) is 6.92 Å². The van der Waals surface area contributed by atoms with Crippen molar-refractivity contribution >= 4 is 21.7 Å². The molecule has 0 bridgehead atoms. The number of halogens is 1. The fourth-order valence-electron chi connectivity index (χ4n) is 2.92. The summed E-state index contributed by atoms with van der Waals surface area (Å²) in [6.45, 7) is 2.07. The highest BCUT2D eigenvalue weighted by Crippen LogP contribution is 2.39. The average Bonchev–Trinajstić information content (AvgIpc) is 3.02. The Morgan fingerprint density at radius 3 is 2.67 bits per heavy atom. The highest BCUT2D eigenvalue weighted by molar-refractivity contribution is 9.10. The number of nitrogens with zero attached hydrogens (tertiary/aromatic N) is 3. The number of hydrogen-bond donors (Lipinski definition) is 1. The smallest absolute Gasteiger partial charge is 0.163 e. The second-order valence-corrected chi connectivity index (χ2v) is 6.31. The Kier molecular flexibility index (Phi) is 4.19. The van der Waals surface area contributed by atoms with Crippen molar-refractivity contribution in [2.75, 3.05) is 12.4 Å². The summed E-state index contributed by atoms with van der Waals surface area (Å²) in [6, 6.07) is 2.00. The van der Waals surface area contributed by atoms with Gasteiger partial charge >= 0.3 is 0 Å². The van der Waals surface area contributed by atoms with E-state index < -0.39 is 0 Å². The average molecular weight is 347 g/mol. The summed E-state index contributed by atoms with van der Waals surface area (Å²) in [6.07, 6.45) is 8.65. The normalized spacial score (nSPS) is 15.4. The molecule has 1 aliphatic carbocycles. The molecule has 0 unspecified atom stereocenters. The van der Waals surface area contributed by atoms with Crippen LogP contribution in [0.4, 0.5) is 5.82 Å². The van der Waals surface area contributed by atoms with Crippen molar-refractivity contribution in [3.63, 3.8) is 0 Å². The quantitative estimate of drug-likeness (QED) is 0.899. The van der Waals surface area contributed by atoms with Gasteiger partial charge in [0.05, 0.1) is 10.2 Å². The largest absolute Gasteiger partial charge is 0.372 e. The Morgan fingerprint density at radius 1 is 1.24 bits per heavy atom. The van der Waals surface area contributed by atoms with E-state index in [4.69, 9.17) is 4.98 Å². The van der Waals surface area contributed by atoms with E-state index >= 15 is 0 Å². The van der Waals surface area contributed by atoms with Crippen molar-refractivity contribution in [3.05, 3.63) is 34.2 Å². The van der Waals surface area contributed by atoms with Crippen molar-refractivity contribution in [2.45, 2.75) is 38.5 Å². The molecule has 110 valence electrons. The molecule has 3 rings (SSSR count). The standard InChI is InChI=1S/C16H19BrN4/c1-10-7-8-19-9-12(10)15-20-14(11-5-3-4-6-11)13(17)16(18-2)21-15/h7-9,11H,3-6H2,1-2H3,(H,18,20,21). The van der Waals surface area contributed by atoms with Crippen LogP contribution in [0.2, 0.25) is 0 Å². The monoisotopic (exact) mass is 346 g/mol. The minimum absolute atomic E-state index is 0.533. The molecule has 1 fully saturated rings. The van der Waals surface area contributed by atoms with Gasteiger partial charge in [0.1, 0.15) is 5.82 Å². The van der Waals surface area contributed by atoms with Gasteiger partial charge < -0.3 is 5.32 Å². The minimum Gasteiger partial charge on any atom is -0.372 e. The Hall–Kier alpha value is -1.49. The van der Waals surface area contributed by atoms with Gasteiger partial charge in [-0.15, -0.1) is 0 Å². The first kappa shape index (κ1) is 14.4. The highest BCUT2D eigenvalue weighted by Gasteiger charge is 2.24. The van der Waals surface area contributed by atoms with Gasteiger partial charge in [0.15, 0.2) is 5.82 Å². The summed E-state index contributed by atoms with van der Waals surface area (Å²) >= 11 is 3.67. The van der Waals surface area contributed by atoms with Gasteiger partial charge in [-0.1, -0.05) is 12.8 Å². The number of hydrogen-bond acceptors (Lipinski definition) is 4. The summed E-state index contributed by atoms with van der Waals surface area (Å²) < 4.78 is 1.00. The van der Waals surface area contributed by atoms with Gasteiger partial charge in [-0.2, -0.15) is 0 Å². The van der Waals surface area contributed by atoms with Crippen LogP contribution in [0.15, 0.2) is 22.9 Å². The lowest BCUT2D eigenvalue weighted by atomic mass is 10.0. The van der Waals surface area contributed by atoms with E-state index in [0.29, 0.717) is 5.92 Å². The number of rotatable bonds is 3. The summed E-state index contributed by atoms with van der Waals surface area (Å²) in [7, 11) is 1.89. The maximum atomic E-state index is 4.86. The number of aryl methyl sites for hydroxylation is 1. The summed E-state index contributed by atoms with van der Waals surface area (Å²) in [5.74, 6) is 2.14. The van der Waals surface area contributed by atoms with Gasteiger partial charge in [-0.05, 0) is 47.3 Å². The molecule has 4 nitrogen and oxygen atoms in total. The zero-order valence-electron chi connectivity index (χ0n) is 12.4. The van der Waals surface area contributed by atoms with Gasteiger partial charge in [-0.25, -0.2) is 9.97 Å². The molecule has 2 aromatic rings. The van der Waals surface area contributed by atoms with Crippen molar-refractivity contribution in [1.29, 1.82) is 0 Å². The molecule has 21 heavy (non-hydrogen) atoms. The third kappa shape index (κ3) is 2.79. The van der Waals surface area contributed by atoms with Crippen LogP contribution in [0.25, 0.3) is 11.4 Å². The molecule has 1 aliphatic rings. The first-order chi connectivity index (χ1) is 10.2. The van der Waals surface area contributed by atoms with Crippen molar-refractivity contribution in [1.82, 2.24) is 15.0 Å². The highest BCUT2D eigenvalue weighted by atomic mass is 79.9. The molecule has 0 saturated heterocycles. The zero-order valence-corrected chi connectivity index (χ0v) is 13.9. The lowest BCUT2D eigenvalue weighted by molar-refractivity contribution is 0.691. The topological polar surface area (TPSA) is 50.7 Å². The Balaban J connectivity index is 2.13. The molecule has 2 heterocycles. The molecule has 0 atom stereocenters. The lowest BCUT2D eigenvalue weighted by Crippen LogP contribution is -2.06. The molecule has 0 amide bonds. The Labute approximate surface area is 133 Å². The fourth-order valence-corrected chi connectivity index (χ4v) is 3.62. The lowest BCUT2D eigenvalue weighted by Gasteiger charge is -2.16. The van der Waals surface area contributed by atoms with Gasteiger partial charge in [0.2, 0.25) is 0 Å². The number of anilines is 1. The van der Waals surface area contributed by atoms with Gasteiger partial charge in [0, 0.05) is 30.9 Å². The number of aromatic nitrogens is 3. The van der Waals surface area contributed by atoms with Crippen molar-refractivity contribution < 1.29 is 0 Å². The SMILES string of the molecule is CNc1nc(-c2cnccc2C)nc(C2CCCC2)c1Br. The second kappa shape index (κ2) is 6.10. The third-order valence-electron chi connectivity index (χ3n) is 4.14. The predicted molar refractivity (Wildman–Crippen MR) is 88.5 cm³/mol. The molecule has 0 radical (unpaired) electrons. The van der Waals surface area contributed by atoms with Gasteiger partial charge in [-0.3, -0.25) is 4.98 Å². The predicted octanol–water partition coefficient (Wildman–Crippen LogP) is 4.31. The van der Waals surface area contributed by atoms with E-state index in [1.807, 2.05) is 19.3 Å². The zero-order chi connectivity index (χ0) is 14.8. The van der Waals surface area contributed by atoms with E-state index in [2.05, 4.69) is 38.1 Å². The van der Waals surface area contributed by atoms with E-state index in [1.54, 1.807) is 6.20 Å². The molecular formula is C16H19BrN4. The molecule has 1 N–H and O–H groups in total. The van der Waals surface area contributed by atoms with Crippen molar-refractivity contribution in [3.8, 4) is 11.4 Å². The minimum atomic E-state index is 0.533. The van der Waals surface area contributed by atoms with Crippen molar-refractivity contribution in [2.24, 2.45) is 0 Å². The Bertz CT molecular complexity index is 651. The van der Waals surface area contributed by atoms with Crippen LogP contribution in [-0.4, -0.2) is 22.0 Å². The number of pyridine rings is 1. The van der Waals surface area contributed by atoms with E-state index in [0.717, 1.165) is 32.9 Å². The van der Waals surface area contributed by atoms with Gasteiger partial charge in [0.25, 0.3) is 0 Å².